The first-order chi connectivity index (χ1) is 31.0. The van der Waals surface area contributed by atoms with E-state index in [0.717, 1.165) is 56.2 Å². The van der Waals surface area contributed by atoms with Gasteiger partial charge in [-0.05, 0) is 161 Å². The van der Waals surface area contributed by atoms with Crippen LogP contribution in [0.25, 0.3) is 0 Å². The Hall–Kier alpha value is -2.13. The molecule has 0 radical (unpaired) electrons. The van der Waals surface area contributed by atoms with Crippen LogP contribution in [-0.2, 0) is 9.53 Å². The average Bonchev–Trinajstić information content (AvgIpc) is 3.93. The summed E-state index contributed by atoms with van der Waals surface area (Å²) in [4.78, 5) is 15.7. The summed E-state index contributed by atoms with van der Waals surface area (Å²) in [5.74, 6) is -1.16. The number of Topliss-reactive ketones (excluding diaryl/α,β-unsaturated/α-hetero) is 1. The van der Waals surface area contributed by atoms with Crippen LogP contribution in [0, 0.1) is 64.1 Å². The summed E-state index contributed by atoms with van der Waals surface area (Å²) in [6.07, 6.45) is 17.1. The number of rotatable bonds is 13. The molecule has 19 atom stereocenters. The second kappa shape index (κ2) is 18.3. The summed E-state index contributed by atoms with van der Waals surface area (Å²) in [6.45, 7) is 8.04. The van der Waals surface area contributed by atoms with Crippen LogP contribution >= 0.6 is 0 Å². The molecule has 7 aliphatic carbocycles. The van der Waals surface area contributed by atoms with Crippen molar-refractivity contribution in [3.05, 3.63) is 46.8 Å². The number of nitrogens with two attached hydrogens (primary N) is 1. The highest BCUT2D eigenvalue weighted by molar-refractivity contribution is 6.00. The van der Waals surface area contributed by atoms with Crippen LogP contribution in [0.15, 0.2) is 46.8 Å². The van der Waals surface area contributed by atoms with Gasteiger partial charge in [0.25, 0.3) is 0 Å². The number of hydrogen-bond donors (Lipinski definition) is 10. The fraction of sp³-hybridized carbons (Fsp3) is 0.830. The van der Waals surface area contributed by atoms with E-state index in [-0.39, 0.29) is 67.7 Å². The van der Waals surface area contributed by atoms with Crippen molar-refractivity contribution >= 4 is 5.78 Å². The second-order valence-electron chi connectivity index (χ2n) is 23.2. The van der Waals surface area contributed by atoms with Crippen molar-refractivity contribution < 1.29 is 45.3 Å². The van der Waals surface area contributed by atoms with Crippen molar-refractivity contribution in [3.63, 3.8) is 0 Å². The molecule has 0 aromatic rings. The lowest BCUT2D eigenvalue weighted by molar-refractivity contribution is -0.222. The predicted octanol–water partition coefficient (Wildman–Crippen LogP) is 5.03. The van der Waals surface area contributed by atoms with Crippen LogP contribution in [0.5, 0.6) is 0 Å². The van der Waals surface area contributed by atoms with Crippen LogP contribution in [0.3, 0.4) is 0 Å². The molecule has 0 amide bonds. The maximum atomic E-state index is 15.7. The highest BCUT2D eigenvalue weighted by atomic mass is 16.5. The van der Waals surface area contributed by atoms with Gasteiger partial charge in [0, 0.05) is 36.1 Å². The van der Waals surface area contributed by atoms with Crippen molar-refractivity contribution in [3.8, 4) is 0 Å². The molecule has 0 bridgehead atoms. The van der Waals surface area contributed by atoms with Crippen LogP contribution in [0.4, 0.5) is 0 Å². The standard InChI is InChI=1S/C53H83N3O9/c1-5-9-31-13-17-35-30(3)48(65-41(35)19-14-31)49(62)50(4,63)42-21-22-53(64)45-44-33(26-52(42,53)34-10-6-7-11-34)16-15-32(36-18-20-43(54)56-38(36)12-8-23-57)25-51(44)27-40(60)39(59)24-37(51)47(61)46(45)55-28-29(2)58/h15-16,18,20,29-35,37,39-44,48-49,55-60,62-64H,5-14,17,19,21-28,54H2,1-4H3. The zero-order valence-electron chi connectivity index (χ0n) is 39.7. The first-order valence-electron chi connectivity index (χ1n) is 26.1. The zero-order valence-corrected chi connectivity index (χ0v) is 39.7. The number of ether oxygens (including phenoxy) is 1. The van der Waals surface area contributed by atoms with E-state index in [1.165, 1.54) is 19.3 Å². The second-order valence-corrected chi connectivity index (χ2v) is 23.2. The Kier molecular flexibility index (Phi) is 13.5. The minimum absolute atomic E-state index is 0.00315. The van der Waals surface area contributed by atoms with Crippen LogP contribution < -0.4 is 16.4 Å². The monoisotopic (exact) mass is 906 g/mol. The Morgan fingerprint density at radius 1 is 1.02 bits per heavy atom. The fourth-order valence-electron chi connectivity index (χ4n) is 16.9. The Labute approximate surface area is 387 Å². The molecule has 364 valence electrons. The highest BCUT2D eigenvalue weighted by Gasteiger charge is 2.76. The summed E-state index contributed by atoms with van der Waals surface area (Å²) in [5, 5.41) is 91.3. The van der Waals surface area contributed by atoms with Gasteiger partial charge in [-0.15, -0.1) is 0 Å². The van der Waals surface area contributed by atoms with Gasteiger partial charge in [0.05, 0.1) is 53.6 Å². The smallest absolute Gasteiger partial charge is 0.182 e. The van der Waals surface area contributed by atoms with E-state index < -0.39 is 70.3 Å². The number of allylic oxidation sites excluding steroid dienone is 6. The molecular formula is C53H83N3O9. The summed E-state index contributed by atoms with van der Waals surface area (Å²) >= 11 is 0. The fourth-order valence-corrected chi connectivity index (χ4v) is 16.9. The predicted molar refractivity (Wildman–Crippen MR) is 248 cm³/mol. The molecule has 1 saturated heterocycles. The molecule has 12 heteroatoms. The van der Waals surface area contributed by atoms with Crippen molar-refractivity contribution in [2.75, 3.05) is 13.2 Å². The number of nitrogens with one attached hydrogen (secondary N) is 2. The molecule has 12 nitrogen and oxygen atoms in total. The number of aliphatic hydroxyl groups excluding tert-OH is 5. The molecule has 11 N–H and O–H groups in total. The Bertz CT molecular complexity index is 1890. The SMILES string of the molecule is CCCC1CCC2OC(C(O)C(C)(O)C3CCC4(O)C5=C(NCC(C)O)C(=O)C6CC(O)C(O)CC67CC(C6=C(CCCO)NC(N)C=C6)C=CC(CC34C3CCCC3)C57)C(C)C2CC1. The number of carbonyl (C=O) groups excluding carboxylic acids is 1. The van der Waals surface area contributed by atoms with Crippen LogP contribution in [0.1, 0.15) is 143 Å². The Morgan fingerprint density at radius 2 is 1.77 bits per heavy atom. The topological polar surface area (TPSA) is 218 Å². The quantitative estimate of drug-likeness (QED) is 0.110. The maximum absolute atomic E-state index is 15.7. The molecule has 65 heavy (non-hydrogen) atoms. The molecular weight excluding hydrogens is 823 g/mol. The van der Waals surface area contributed by atoms with E-state index in [9.17, 15) is 35.7 Å². The van der Waals surface area contributed by atoms with Gasteiger partial charge in [-0.2, -0.15) is 0 Å². The number of ketones is 1. The van der Waals surface area contributed by atoms with Gasteiger partial charge in [-0.1, -0.05) is 64.2 Å². The summed E-state index contributed by atoms with van der Waals surface area (Å²) in [6, 6.07) is 0. The van der Waals surface area contributed by atoms with Gasteiger partial charge < -0.3 is 56.8 Å². The molecule has 9 aliphatic rings. The summed E-state index contributed by atoms with van der Waals surface area (Å²) in [5.41, 5.74) is 4.34. The number of carbonyl (C=O) groups is 1. The van der Waals surface area contributed by atoms with E-state index in [1.54, 1.807) is 13.8 Å². The lowest BCUT2D eigenvalue weighted by atomic mass is 9.39. The highest BCUT2D eigenvalue weighted by Crippen LogP contribution is 2.76. The minimum atomic E-state index is -1.65. The number of aliphatic hydroxyl groups is 7. The van der Waals surface area contributed by atoms with Crippen molar-refractivity contribution in [1.29, 1.82) is 0 Å². The van der Waals surface area contributed by atoms with Crippen molar-refractivity contribution in [1.82, 2.24) is 10.6 Å². The van der Waals surface area contributed by atoms with E-state index in [2.05, 4.69) is 42.7 Å². The minimum Gasteiger partial charge on any atom is -0.396 e. The Balaban J connectivity index is 1.19. The van der Waals surface area contributed by atoms with Crippen molar-refractivity contribution in [2.24, 2.45) is 69.8 Å². The average molecular weight is 906 g/mol. The summed E-state index contributed by atoms with van der Waals surface area (Å²) < 4.78 is 6.90. The third-order valence-corrected chi connectivity index (χ3v) is 19.7. The van der Waals surface area contributed by atoms with E-state index in [0.29, 0.717) is 61.6 Å². The third kappa shape index (κ3) is 7.78. The molecule has 6 fully saturated rings. The van der Waals surface area contributed by atoms with Crippen LogP contribution in [-0.4, -0.2) is 109 Å². The van der Waals surface area contributed by atoms with Gasteiger partial charge >= 0.3 is 0 Å². The van der Waals surface area contributed by atoms with Gasteiger partial charge in [-0.3, -0.25) is 4.79 Å². The number of dihydropyridines is 1. The van der Waals surface area contributed by atoms with Gasteiger partial charge in [0.1, 0.15) is 6.10 Å². The molecule has 2 aliphatic heterocycles. The Morgan fingerprint density at radius 3 is 2.49 bits per heavy atom. The zero-order chi connectivity index (χ0) is 46.2. The lowest BCUT2D eigenvalue weighted by Gasteiger charge is -2.66. The lowest BCUT2D eigenvalue weighted by Crippen LogP contribution is -2.69. The molecule has 9 rings (SSSR count). The van der Waals surface area contributed by atoms with E-state index in [4.69, 9.17) is 10.5 Å². The summed E-state index contributed by atoms with van der Waals surface area (Å²) in [7, 11) is 0. The number of fused-ring (bicyclic) bond motifs is 3. The van der Waals surface area contributed by atoms with Gasteiger partial charge in [0.2, 0.25) is 0 Å². The molecule has 0 aromatic carbocycles. The molecule has 19 unspecified atom stereocenters. The van der Waals surface area contributed by atoms with Gasteiger partial charge in [-0.25, -0.2) is 0 Å². The largest absolute Gasteiger partial charge is 0.396 e. The number of hydrogen-bond acceptors (Lipinski definition) is 12. The molecule has 5 saturated carbocycles. The first kappa shape index (κ1) is 47.9. The van der Waals surface area contributed by atoms with E-state index >= 15 is 4.79 Å². The first-order valence-corrected chi connectivity index (χ1v) is 26.1. The normalized spacial score (nSPS) is 45.8. The molecule has 1 spiro atoms. The molecule has 0 aromatic heterocycles. The van der Waals surface area contributed by atoms with Crippen LogP contribution in [0.2, 0.25) is 0 Å². The maximum Gasteiger partial charge on any atom is 0.182 e. The van der Waals surface area contributed by atoms with E-state index in [1.807, 2.05) is 6.08 Å². The molecule has 2 heterocycles. The third-order valence-electron chi connectivity index (χ3n) is 19.7. The van der Waals surface area contributed by atoms with Gasteiger partial charge in [0.15, 0.2) is 5.78 Å². The van der Waals surface area contributed by atoms with Crippen molar-refractivity contribution in [2.45, 2.75) is 197 Å².